The van der Waals surface area contributed by atoms with Crippen molar-refractivity contribution in [1.82, 2.24) is 0 Å². The largest absolute Gasteiger partial charge is 0.264 e. The predicted octanol–water partition coefficient (Wildman–Crippen LogP) is 3.04. The Morgan fingerprint density at radius 3 is 2.16 bits per heavy atom. The molecule has 3 nitrogen and oxygen atoms in total. The fraction of sp³-hybridized carbons (Fsp3) is 0.143. The van der Waals surface area contributed by atoms with Gasteiger partial charge in [-0.25, -0.2) is 12.8 Å². The minimum absolute atomic E-state index is 0.0638. The molecule has 0 bridgehead atoms. The molecular weight excluding hydrogens is 265 g/mol. The first kappa shape index (κ1) is 13.5. The maximum atomic E-state index is 13.8. The standard InChI is InChI=1S/C14H14FNO2S/c1-2-16(14-11-7-6-10-13(14)15)19(17,18)12-8-4-3-5-9-12/h3-11H,2H2,1H3. The molecule has 5 heteroatoms. The summed E-state index contributed by atoms with van der Waals surface area (Å²) in [5.74, 6) is -0.552. The summed E-state index contributed by atoms with van der Waals surface area (Å²) >= 11 is 0. The van der Waals surface area contributed by atoms with E-state index in [2.05, 4.69) is 0 Å². The molecule has 0 aliphatic carbocycles. The number of benzene rings is 2. The average molecular weight is 279 g/mol. The van der Waals surface area contributed by atoms with Crippen molar-refractivity contribution in [3.05, 3.63) is 60.4 Å². The lowest BCUT2D eigenvalue weighted by Crippen LogP contribution is -2.31. The molecule has 0 atom stereocenters. The first-order chi connectivity index (χ1) is 9.07. The third-order valence-electron chi connectivity index (χ3n) is 2.74. The predicted molar refractivity (Wildman–Crippen MR) is 73.0 cm³/mol. The summed E-state index contributed by atoms with van der Waals surface area (Å²) in [6.07, 6.45) is 0. The molecule has 0 spiro atoms. The zero-order valence-electron chi connectivity index (χ0n) is 10.5. The van der Waals surface area contributed by atoms with Gasteiger partial charge in [-0.2, -0.15) is 0 Å². The lowest BCUT2D eigenvalue weighted by molar-refractivity contribution is 0.586. The van der Waals surface area contributed by atoms with E-state index in [1.54, 1.807) is 31.2 Å². The second-order valence-corrected chi connectivity index (χ2v) is 5.80. The Morgan fingerprint density at radius 2 is 1.58 bits per heavy atom. The average Bonchev–Trinajstić information content (AvgIpc) is 2.42. The minimum atomic E-state index is -3.73. The van der Waals surface area contributed by atoms with Crippen molar-refractivity contribution < 1.29 is 12.8 Å². The van der Waals surface area contributed by atoms with E-state index in [1.165, 1.54) is 30.3 Å². The first-order valence-electron chi connectivity index (χ1n) is 5.89. The zero-order chi connectivity index (χ0) is 13.9. The quantitative estimate of drug-likeness (QED) is 0.862. The maximum absolute atomic E-state index is 13.8. The molecule has 0 aromatic heterocycles. The number of halogens is 1. The Morgan fingerprint density at radius 1 is 1.00 bits per heavy atom. The number of nitrogens with zero attached hydrogens (tertiary/aromatic N) is 1. The normalized spacial score (nSPS) is 11.3. The van der Waals surface area contributed by atoms with Crippen LogP contribution in [-0.2, 0) is 10.0 Å². The number of hydrogen-bond donors (Lipinski definition) is 0. The van der Waals surface area contributed by atoms with Gasteiger partial charge in [0.25, 0.3) is 10.0 Å². The Hall–Kier alpha value is -1.88. The van der Waals surface area contributed by atoms with Crippen LogP contribution >= 0.6 is 0 Å². The highest BCUT2D eigenvalue weighted by atomic mass is 32.2. The highest BCUT2D eigenvalue weighted by molar-refractivity contribution is 7.92. The Kier molecular flexibility index (Phi) is 3.85. The number of rotatable bonds is 4. The van der Waals surface area contributed by atoms with E-state index < -0.39 is 15.8 Å². The second kappa shape index (κ2) is 5.40. The van der Waals surface area contributed by atoms with Gasteiger partial charge in [-0.3, -0.25) is 4.31 Å². The van der Waals surface area contributed by atoms with Crippen molar-refractivity contribution >= 4 is 15.7 Å². The molecule has 100 valence electrons. The highest BCUT2D eigenvalue weighted by Crippen LogP contribution is 2.25. The van der Waals surface area contributed by atoms with Gasteiger partial charge in [0.15, 0.2) is 0 Å². The van der Waals surface area contributed by atoms with Crippen molar-refractivity contribution in [3.63, 3.8) is 0 Å². The molecule has 0 aliphatic rings. The lowest BCUT2D eigenvalue weighted by Gasteiger charge is -2.23. The van der Waals surface area contributed by atoms with Gasteiger partial charge in [-0.15, -0.1) is 0 Å². The monoisotopic (exact) mass is 279 g/mol. The van der Waals surface area contributed by atoms with Crippen LogP contribution in [0.15, 0.2) is 59.5 Å². The Balaban J connectivity index is 2.52. The van der Waals surface area contributed by atoms with Crippen LogP contribution in [0.2, 0.25) is 0 Å². The van der Waals surface area contributed by atoms with Crippen molar-refractivity contribution in [2.45, 2.75) is 11.8 Å². The van der Waals surface area contributed by atoms with Gasteiger partial charge in [0.1, 0.15) is 5.82 Å². The van der Waals surface area contributed by atoms with Crippen molar-refractivity contribution in [1.29, 1.82) is 0 Å². The van der Waals surface area contributed by atoms with Gasteiger partial charge in [-0.05, 0) is 31.2 Å². The summed E-state index contributed by atoms with van der Waals surface area (Å²) in [6.45, 7) is 1.84. The molecule has 0 saturated carbocycles. The minimum Gasteiger partial charge on any atom is -0.264 e. The molecular formula is C14H14FNO2S. The summed E-state index contributed by atoms with van der Waals surface area (Å²) < 4.78 is 39.8. The van der Waals surface area contributed by atoms with E-state index in [4.69, 9.17) is 0 Å². The van der Waals surface area contributed by atoms with Gasteiger partial charge in [0, 0.05) is 6.54 Å². The smallest absolute Gasteiger partial charge is 0.264 e. The summed E-state index contributed by atoms with van der Waals surface area (Å²) in [5.41, 5.74) is 0.0638. The molecule has 2 aromatic rings. The van der Waals surface area contributed by atoms with Crippen molar-refractivity contribution in [2.24, 2.45) is 0 Å². The first-order valence-corrected chi connectivity index (χ1v) is 7.33. The van der Waals surface area contributed by atoms with Crippen LogP contribution in [0.5, 0.6) is 0 Å². The van der Waals surface area contributed by atoms with Gasteiger partial charge >= 0.3 is 0 Å². The summed E-state index contributed by atoms with van der Waals surface area (Å²) in [4.78, 5) is 0.153. The second-order valence-electron chi connectivity index (χ2n) is 3.93. The third-order valence-corrected chi connectivity index (χ3v) is 4.64. The van der Waals surface area contributed by atoms with E-state index in [9.17, 15) is 12.8 Å². The molecule has 0 amide bonds. The number of hydrogen-bond acceptors (Lipinski definition) is 2. The SMILES string of the molecule is CCN(c1ccccc1F)S(=O)(=O)c1ccccc1. The molecule has 0 aliphatic heterocycles. The van der Waals surface area contributed by atoms with Crippen LogP contribution in [0.1, 0.15) is 6.92 Å². The molecule has 0 N–H and O–H groups in total. The van der Waals surface area contributed by atoms with Crippen molar-refractivity contribution in [3.8, 4) is 0 Å². The maximum Gasteiger partial charge on any atom is 0.264 e. The summed E-state index contributed by atoms with van der Waals surface area (Å²) in [6, 6.07) is 13.9. The van der Waals surface area contributed by atoms with Crippen LogP contribution in [0.4, 0.5) is 10.1 Å². The molecule has 0 heterocycles. The van der Waals surface area contributed by atoms with E-state index in [0.29, 0.717) is 0 Å². The molecule has 0 saturated heterocycles. The van der Waals surface area contributed by atoms with Crippen LogP contribution in [0, 0.1) is 5.82 Å². The molecule has 0 radical (unpaired) electrons. The van der Waals surface area contributed by atoms with Crippen molar-refractivity contribution in [2.75, 3.05) is 10.8 Å². The van der Waals surface area contributed by atoms with E-state index in [-0.39, 0.29) is 17.1 Å². The summed E-state index contributed by atoms with van der Waals surface area (Å²) in [5, 5.41) is 0. The lowest BCUT2D eigenvalue weighted by atomic mass is 10.3. The third kappa shape index (κ3) is 2.61. The van der Waals surface area contributed by atoms with Crippen LogP contribution in [0.25, 0.3) is 0 Å². The highest BCUT2D eigenvalue weighted by Gasteiger charge is 2.25. The van der Waals surface area contributed by atoms with E-state index in [1.807, 2.05) is 0 Å². The van der Waals surface area contributed by atoms with E-state index in [0.717, 1.165) is 4.31 Å². The molecule has 2 rings (SSSR count). The molecule has 0 fully saturated rings. The van der Waals surface area contributed by atoms with Crippen LogP contribution in [0.3, 0.4) is 0 Å². The number of anilines is 1. The molecule has 0 unspecified atom stereocenters. The topological polar surface area (TPSA) is 37.4 Å². The Labute approximate surface area is 112 Å². The Bertz CT molecular complexity index is 656. The fourth-order valence-electron chi connectivity index (χ4n) is 1.84. The van der Waals surface area contributed by atoms with Crippen LogP contribution in [-0.4, -0.2) is 15.0 Å². The number of para-hydroxylation sites is 1. The zero-order valence-corrected chi connectivity index (χ0v) is 11.3. The molecule has 19 heavy (non-hydrogen) atoms. The number of sulfonamides is 1. The fourth-order valence-corrected chi connectivity index (χ4v) is 3.35. The van der Waals surface area contributed by atoms with Gasteiger partial charge < -0.3 is 0 Å². The van der Waals surface area contributed by atoms with E-state index >= 15 is 0 Å². The van der Waals surface area contributed by atoms with Gasteiger partial charge in [-0.1, -0.05) is 30.3 Å². The van der Waals surface area contributed by atoms with Gasteiger partial charge in [0.05, 0.1) is 10.6 Å². The van der Waals surface area contributed by atoms with Gasteiger partial charge in [0.2, 0.25) is 0 Å². The summed E-state index contributed by atoms with van der Waals surface area (Å²) in [7, 11) is -3.73. The molecule has 2 aromatic carbocycles. The van der Waals surface area contributed by atoms with Crippen LogP contribution < -0.4 is 4.31 Å².